The number of ether oxygens (including phenoxy) is 1. The molecule has 0 aromatic rings. The third kappa shape index (κ3) is 1.96. The summed E-state index contributed by atoms with van der Waals surface area (Å²) in [5, 5.41) is 0. The van der Waals surface area contributed by atoms with Gasteiger partial charge in [-0.1, -0.05) is 13.8 Å². The number of hydrogen-bond acceptors (Lipinski definition) is 4. The summed E-state index contributed by atoms with van der Waals surface area (Å²) in [5.74, 6) is -0.352. The van der Waals surface area contributed by atoms with Crippen LogP contribution >= 0.6 is 0 Å². The van der Waals surface area contributed by atoms with E-state index in [1.165, 1.54) is 0 Å². The van der Waals surface area contributed by atoms with Gasteiger partial charge in [0.2, 0.25) is 5.60 Å². The van der Waals surface area contributed by atoms with Crippen LogP contribution in [0.4, 0.5) is 0 Å². The summed E-state index contributed by atoms with van der Waals surface area (Å²) in [4.78, 5) is 22.3. The van der Waals surface area contributed by atoms with Crippen LogP contribution in [0.25, 0.3) is 0 Å². The minimum atomic E-state index is -0.982. The Kier molecular flexibility index (Phi) is 3.37. The fourth-order valence-electron chi connectivity index (χ4n) is 1.92. The third-order valence-electron chi connectivity index (χ3n) is 3.17. The summed E-state index contributed by atoms with van der Waals surface area (Å²) in [7, 11) is 0. The van der Waals surface area contributed by atoms with Crippen LogP contribution in [0.15, 0.2) is 0 Å². The summed E-state index contributed by atoms with van der Waals surface area (Å²) in [6.45, 7) is 11.2. The average molecular weight is 230 g/mol. The zero-order valence-electron chi connectivity index (χ0n) is 11.0. The van der Waals surface area contributed by atoms with Crippen molar-refractivity contribution in [3.8, 4) is 0 Å². The van der Waals surface area contributed by atoms with Gasteiger partial charge in [0.25, 0.3) is 0 Å². The van der Waals surface area contributed by atoms with Crippen molar-refractivity contribution in [3.63, 3.8) is 0 Å². The van der Waals surface area contributed by atoms with Gasteiger partial charge in [0.05, 0.1) is 0 Å². The van der Waals surface area contributed by atoms with E-state index in [4.69, 9.17) is 14.5 Å². The number of rotatable bonds is 3. The monoisotopic (exact) mass is 230 g/mol. The van der Waals surface area contributed by atoms with Gasteiger partial charge < -0.3 is 4.74 Å². The van der Waals surface area contributed by atoms with Crippen molar-refractivity contribution in [1.29, 1.82) is 0 Å². The molecular weight excluding hydrogens is 208 g/mol. The quantitative estimate of drug-likeness (QED) is 0.552. The maximum Gasteiger partial charge on any atom is 0.345 e. The van der Waals surface area contributed by atoms with E-state index in [-0.39, 0.29) is 5.97 Å². The lowest BCUT2D eigenvalue weighted by atomic mass is 9.78. The molecule has 0 bridgehead atoms. The van der Waals surface area contributed by atoms with E-state index < -0.39 is 16.8 Å². The van der Waals surface area contributed by atoms with Crippen LogP contribution in [0.5, 0.6) is 0 Å². The predicted molar refractivity (Wildman–Crippen MR) is 59.7 cm³/mol. The smallest absolute Gasteiger partial charge is 0.345 e. The summed E-state index contributed by atoms with van der Waals surface area (Å²) in [6, 6.07) is 0. The van der Waals surface area contributed by atoms with Crippen molar-refractivity contribution in [2.24, 2.45) is 0 Å². The first kappa shape index (κ1) is 13.5. The fourth-order valence-corrected chi connectivity index (χ4v) is 1.92. The van der Waals surface area contributed by atoms with E-state index in [9.17, 15) is 4.79 Å². The molecule has 1 fully saturated rings. The summed E-state index contributed by atoms with van der Waals surface area (Å²) < 4.78 is 5.36. The molecule has 94 valence electrons. The van der Waals surface area contributed by atoms with Crippen LogP contribution in [0.1, 0.15) is 54.4 Å². The molecule has 1 aliphatic rings. The molecule has 0 aromatic heterocycles. The summed E-state index contributed by atoms with van der Waals surface area (Å²) in [5.41, 5.74) is -2.04. The normalized spacial score (nSPS) is 28.4. The predicted octanol–water partition coefficient (Wildman–Crippen LogP) is 2.61. The van der Waals surface area contributed by atoms with E-state index in [0.29, 0.717) is 0 Å². The van der Waals surface area contributed by atoms with Gasteiger partial charge in [0.1, 0.15) is 11.2 Å². The van der Waals surface area contributed by atoms with E-state index in [0.717, 1.165) is 12.8 Å². The van der Waals surface area contributed by atoms with Crippen LogP contribution < -0.4 is 0 Å². The van der Waals surface area contributed by atoms with Gasteiger partial charge in [-0.3, -0.25) is 0 Å². The molecule has 0 aromatic carbocycles. The highest BCUT2D eigenvalue weighted by molar-refractivity contribution is 5.82. The number of esters is 1. The maximum atomic E-state index is 12.1. The molecule has 1 aliphatic heterocycles. The fraction of sp³-hybridized carbons (Fsp3) is 0.917. The molecule has 0 saturated carbocycles. The van der Waals surface area contributed by atoms with Gasteiger partial charge in [0, 0.05) is 0 Å². The standard InChI is InChI=1S/C12H22O4/c1-7-12(8-2)11(6,15-16-12)9(13)14-10(3,4)5/h7-8H2,1-6H3. The van der Waals surface area contributed by atoms with E-state index in [1.54, 1.807) is 6.92 Å². The van der Waals surface area contributed by atoms with E-state index in [2.05, 4.69) is 0 Å². The molecule has 1 rings (SSSR count). The number of hydrogen-bond donors (Lipinski definition) is 0. The van der Waals surface area contributed by atoms with Crippen molar-refractivity contribution in [3.05, 3.63) is 0 Å². The SMILES string of the molecule is CCC1(CC)OOC1(C)C(=O)OC(C)(C)C. The number of carbonyl (C=O) groups excluding carboxylic acids is 1. The highest BCUT2D eigenvalue weighted by Gasteiger charge is 2.65. The zero-order valence-corrected chi connectivity index (χ0v) is 11.0. The van der Waals surface area contributed by atoms with Crippen molar-refractivity contribution in [2.45, 2.75) is 71.2 Å². The molecule has 0 aliphatic carbocycles. The van der Waals surface area contributed by atoms with E-state index in [1.807, 2.05) is 34.6 Å². The van der Waals surface area contributed by atoms with Crippen molar-refractivity contribution in [1.82, 2.24) is 0 Å². The Bertz CT molecular complexity index is 270. The van der Waals surface area contributed by atoms with Crippen LogP contribution in [0, 0.1) is 0 Å². The molecule has 4 nitrogen and oxygen atoms in total. The first-order valence-electron chi connectivity index (χ1n) is 5.81. The third-order valence-corrected chi connectivity index (χ3v) is 3.17. The number of carbonyl (C=O) groups is 1. The van der Waals surface area contributed by atoms with Gasteiger partial charge in [0.15, 0.2) is 0 Å². The minimum Gasteiger partial charge on any atom is -0.458 e. The highest BCUT2D eigenvalue weighted by atomic mass is 17.3. The second-order valence-corrected chi connectivity index (χ2v) is 5.40. The van der Waals surface area contributed by atoms with Crippen LogP contribution in [-0.2, 0) is 19.3 Å². The zero-order chi connectivity index (χ0) is 12.6. The van der Waals surface area contributed by atoms with Gasteiger partial charge in [-0.05, 0) is 40.5 Å². The first-order valence-corrected chi connectivity index (χ1v) is 5.81. The summed E-state index contributed by atoms with van der Waals surface area (Å²) >= 11 is 0. The molecule has 0 amide bonds. The second-order valence-electron chi connectivity index (χ2n) is 5.40. The molecular formula is C12H22O4. The lowest BCUT2D eigenvalue weighted by Crippen LogP contribution is -2.69. The first-order chi connectivity index (χ1) is 7.21. The Morgan fingerprint density at radius 2 is 1.69 bits per heavy atom. The molecule has 1 saturated heterocycles. The molecule has 1 unspecified atom stereocenters. The Labute approximate surface area is 97.2 Å². The lowest BCUT2D eigenvalue weighted by molar-refractivity contribution is -0.538. The topological polar surface area (TPSA) is 44.8 Å². The molecule has 1 heterocycles. The molecule has 0 spiro atoms. The van der Waals surface area contributed by atoms with Gasteiger partial charge >= 0.3 is 5.97 Å². The minimum absolute atomic E-state index is 0.352. The van der Waals surface area contributed by atoms with Gasteiger partial charge in [-0.15, -0.1) is 0 Å². The largest absolute Gasteiger partial charge is 0.458 e. The second kappa shape index (κ2) is 4.00. The Morgan fingerprint density at radius 3 is 1.94 bits per heavy atom. The molecule has 1 atom stereocenters. The Balaban J connectivity index is 2.83. The van der Waals surface area contributed by atoms with Crippen molar-refractivity contribution >= 4 is 5.97 Å². The molecule has 4 heteroatoms. The highest BCUT2D eigenvalue weighted by Crippen LogP contribution is 2.46. The van der Waals surface area contributed by atoms with Gasteiger partial charge in [-0.25, -0.2) is 14.6 Å². The Morgan fingerprint density at radius 1 is 1.19 bits per heavy atom. The van der Waals surface area contributed by atoms with Crippen molar-refractivity contribution in [2.75, 3.05) is 0 Å². The average Bonchev–Trinajstić information content (AvgIpc) is 2.14. The maximum absolute atomic E-state index is 12.1. The molecule has 0 radical (unpaired) electrons. The van der Waals surface area contributed by atoms with Crippen molar-refractivity contribution < 1.29 is 19.3 Å². The summed E-state index contributed by atoms with van der Waals surface area (Å²) in [6.07, 6.45) is 1.44. The van der Waals surface area contributed by atoms with Crippen LogP contribution in [-0.4, -0.2) is 22.8 Å². The van der Waals surface area contributed by atoms with Gasteiger partial charge in [-0.2, -0.15) is 0 Å². The Hall–Kier alpha value is -0.610. The van der Waals surface area contributed by atoms with Crippen LogP contribution in [0.2, 0.25) is 0 Å². The van der Waals surface area contributed by atoms with Crippen LogP contribution in [0.3, 0.4) is 0 Å². The van der Waals surface area contributed by atoms with E-state index >= 15 is 0 Å². The molecule has 0 N–H and O–H groups in total. The lowest BCUT2D eigenvalue weighted by Gasteiger charge is -2.52. The molecule has 16 heavy (non-hydrogen) atoms.